The number of hydrogen-bond acceptors (Lipinski definition) is 4. The predicted octanol–water partition coefficient (Wildman–Crippen LogP) is 4.04. The zero-order chi connectivity index (χ0) is 15.1. The Hall–Kier alpha value is -1.71. The van der Waals surface area contributed by atoms with Gasteiger partial charge >= 0.3 is 5.97 Å². The molecule has 2 N–H and O–H groups in total. The predicted molar refractivity (Wildman–Crippen MR) is 87.1 cm³/mol. The Kier molecular flexibility index (Phi) is 5.90. The van der Waals surface area contributed by atoms with Crippen LogP contribution in [0.3, 0.4) is 0 Å². The van der Waals surface area contributed by atoms with Crippen LogP contribution in [0.4, 0.5) is 11.4 Å². The third-order valence-corrected chi connectivity index (χ3v) is 3.86. The van der Waals surface area contributed by atoms with Crippen molar-refractivity contribution in [2.75, 3.05) is 23.8 Å². The van der Waals surface area contributed by atoms with Gasteiger partial charge in [-0.2, -0.15) is 0 Å². The van der Waals surface area contributed by atoms with E-state index in [1.54, 1.807) is 0 Å². The normalized spacial score (nSPS) is 15.5. The lowest BCUT2D eigenvalue weighted by Crippen LogP contribution is -2.23. The lowest BCUT2D eigenvalue weighted by molar-refractivity contribution is 0.0526. The molecule has 0 amide bonds. The summed E-state index contributed by atoms with van der Waals surface area (Å²) in [6.45, 7) is 5.10. The first kappa shape index (κ1) is 15.7. The fraction of sp³-hybridized carbons (Fsp3) is 0.588. The van der Waals surface area contributed by atoms with Crippen molar-refractivity contribution < 1.29 is 9.53 Å². The number of rotatable bonds is 6. The average Bonchev–Trinajstić information content (AvgIpc) is 2.50. The molecule has 1 saturated carbocycles. The molecule has 0 unspecified atom stereocenters. The summed E-state index contributed by atoms with van der Waals surface area (Å²) < 4.78 is 5.06. The average molecular weight is 290 g/mol. The third-order valence-electron chi connectivity index (χ3n) is 3.86. The van der Waals surface area contributed by atoms with Gasteiger partial charge in [0.15, 0.2) is 0 Å². The van der Waals surface area contributed by atoms with Gasteiger partial charge in [-0.15, -0.1) is 0 Å². The van der Waals surface area contributed by atoms with Crippen LogP contribution in [0.5, 0.6) is 0 Å². The van der Waals surface area contributed by atoms with Gasteiger partial charge in [-0.05, 0) is 44.9 Å². The molecule has 0 radical (unpaired) electrons. The highest BCUT2D eigenvalue weighted by atomic mass is 16.5. The van der Waals surface area contributed by atoms with Crippen molar-refractivity contribution >= 4 is 17.3 Å². The van der Waals surface area contributed by atoms with Gasteiger partial charge in [0.2, 0.25) is 0 Å². The molecule has 0 heterocycles. The van der Waals surface area contributed by atoms with E-state index in [2.05, 4.69) is 17.6 Å². The van der Waals surface area contributed by atoms with E-state index in [9.17, 15) is 4.79 Å². The minimum Gasteiger partial charge on any atom is -0.462 e. The fourth-order valence-corrected chi connectivity index (χ4v) is 2.82. The Labute approximate surface area is 127 Å². The van der Waals surface area contributed by atoms with Gasteiger partial charge in [0.05, 0.1) is 23.5 Å². The second kappa shape index (κ2) is 7.91. The van der Waals surface area contributed by atoms with Crippen molar-refractivity contribution in [2.45, 2.75) is 52.0 Å². The molecule has 21 heavy (non-hydrogen) atoms. The zero-order valence-electron chi connectivity index (χ0n) is 13.1. The van der Waals surface area contributed by atoms with Gasteiger partial charge in [0.1, 0.15) is 0 Å². The molecule has 0 spiro atoms. The molecule has 4 heteroatoms. The van der Waals surface area contributed by atoms with E-state index >= 15 is 0 Å². The molecule has 0 bridgehead atoms. The summed E-state index contributed by atoms with van der Waals surface area (Å²) >= 11 is 0. The van der Waals surface area contributed by atoms with E-state index in [4.69, 9.17) is 4.74 Å². The van der Waals surface area contributed by atoms with Crippen LogP contribution in [0.2, 0.25) is 0 Å². The minimum absolute atomic E-state index is 0.263. The lowest BCUT2D eigenvalue weighted by atomic mass is 9.95. The van der Waals surface area contributed by atoms with Gasteiger partial charge in [0, 0.05) is 12.6 Å². The molecule has 0 saturated heterocycles. The van der Waals surface area contributed by atoms with Crippen LogP contribution < -0.4 is 10.6 Å². The molecule has 0 atom stereocenters. The molecule has 2 rings (SSSR count). The number of benzene rings is 1. The summed E-state index contributed by atoms with van der Waals surface area (Å²) in [4.78, 5) is 11.8. The quantitative estimate of drug-likeness (QED) is 0.776. The monoisotopic (exact) mass is 290 g/mol. The maximum absolute atomic E-state index is 11.8. The van der Waals surface area contributed by atoms with E-state index in [1.807, 2.05) is 25.1 Å². The van der Waals surface area contributed by atoms with Crippen molar-refractivity contribution in [3.8, 4) is 0 Å². The third kappa shape index (κ3) is 4.38. The minimum atomic E-state index is -0.263. The molecular formula is C17H26N2O2. The van der Waals surface area contributed by atoms with Gasteiger partial charge in [-0.25, -0.2) is 4.79 Å². The van der Waals surface area contributed by atoms with Gasteiger partial charge in [-0.1, -0.05) is 19.3 Å². The first-order valence-corrected chi connectivity index (χ1v) is 8.06. The highest BCUT2D eigenvalue weighted by Crippen LogP contribution is 2.28. The summed E-state index contributed by atoms with van der Waals surface area (Å²) in [7, 11) is 0. The van der Waals surface area contributed by atoms with E-state index in [-0.39, 0.29) is 5.97 Å². The molecule has 4 nitrogen and oxygen atoms in total. The van der Waals surface area contributed by atoms with Crippen LogP contribution in [-0.4, -0.2) is 25.2 Å². The standard InChI is InChI=1S/C17H26N2O2/c1-3-18-16-12-13(17(20)21-4-2)10-11-15(16)19-14-8-6-5-7-9-14/h10-12,14,18-19H,3-9H2,1-2H3. The lowest BCUT2D eigenvalue weighted by Gasteiger charge is -2.25. The Morgan fingerprint density at radius 1 is 1.19 bits per heavy atom. The summed E-state index contributed by atoms with van der Waals surface area (Å²) in [6.07, 6.45) is 6.40. The SMILES string of the molecule is CCNc1cc(C(=O)OCC)ccc1NC1CCCCC1. The Bertz CT molecular complexity index is 468. The van der Waals surface area contributed by atoms with Crippen molar-refractivity contribution in [2.24, 2.45) is 0 Å². The topological polar surface area (TPSA) is 50.4 Å². The summed E-state index contributed by atoms with van der Waals surface area (Å²) in [5.74, 6) is -0.263. The van der Waals surface area contributed by atoms with Crippen molar-refractivity contribution in [3.63, 3.8) is 0 Å². The summed E-state index contributed by atoms with van der Waals surface area (Å²) in [5, 5.41) is 6.95. The molecule has 1 aliphatic rings. The summed E-state index contributed by atoms with van der Waals surface area (Å²) in [5.41, 5.74) is 2.66. The number of anilines is 2. The number of hydrogen-bond donors (Lipinski definition) is 2. The first-order valence-electron chi connectivity index (χ1n) is 8.06. The van der Waals surface area contributed by atoms with Crippen LogP contribution in [0.25, 0.3) is 0 Å². The second-order valence-electron chi connectivity index (χ2n) is 5.49. The molecule has 1 aromatic rings. The molecule has 0 aliphatic heterocycles. The molecule has 1 aliphatic carbocycles. The Morgan fingerprint density at radius 2 is 1.95 bits per heavy atom. The molecule has 1 fully saturated rings. The Balaban J connectivity index is 2.13. The van der Waals surface area contributed by atoms with E-state index in [0.717, 1.165) is 17.9 Å². The van der Waals surface area contributed by atoms with Crippen LogP contribution >= 0.6 is 0 Å². The van der Waals surface area contributed by atoms with Crippen LogP contribution in [-0.2, 0) is 4.74 Å². The van der Waals surface area contributed by atoms with Crippen molar-refractivity contribution in [1.29, 1.82) is 0 Å². The smallest absolute Gasteiger partial charge is 0.338 e. The summed E-state index contributed by atoms with van der Waals surface area (Å²) in [6, 6.07) is 6.25. The molecule has 1 aromatic carbocycles. The maximum Gasteiger partial charge on any atom is 0.338 e. The van der Waals surface area contributed by atoms with Crippen LogP contribution in [0.1, 0.15) is 56.3 Å². The van der Waals surface area contributed by atoms with E-state index in [0.29, 0.717) is 18.2 Å². The Morgan fingerprint density at radius 3 is 2.62 bits per heavy atom. The van der Waals surface area contributed by atoms with Gasteiger partial charge in [0.25, 0.3) is 0 Å². The van der Waals surface area contributed by atoms with E-state index in [1.165, 1.54) is 32.1 Å². The number of nitrogens with one attached hydrogen (secondary N) is 2. The largest absolute Gasteiger partial charge is 0.462 e. The number of esters is 1. The fourth-order valence-electron chi connectivity index (χ4n) is 2.82. The molecule has 0 aromatic heterocycles. The number of carbonyl (C=O) groups excluding carboxylic acids is 1. The van der Waals surface area contributed by atoms with Crippen molar-refractivity contribution in [1.82, 2.24) is 0 Å². The van der Waals surface area contributed by atoms with Gasteiger partial charge < -0.3 is 15.4 Å². The second-order valence-corrected chi connectivity index (χ2v) is 5.49. The van der Waals surface area contributed by atoms with E-state index < -0.39 is 0 Å². The van der Waals surface area contributed by atoms with Crippen LogP contribution in [0, 0.1) is 0 Å². The maximum atomic E-state index is 11.8. The highest BCUT2D eigenvalue weighted by molar-refractivity contribution is 5.92. The highest BCUT2D eigenvalue weighted by Gasteiger charge is 2.16. The van der Waals surface area contributed by atoms with Gasteiger partial charge in [-0.3, -0.25) is 0 Å². The molecular weight excluding hydrogens is 264 g/mol. The first-order chi connectivity index (χ1) is 10.2. The van der Waals surface area contributed by atoms with Crippen molar-refractivity contribution in [3.05, 3.63) is 23.8 Å². The number of ether oxygens (including phenoxy) is 1. The van der Waals surface area contributed by atoms with Crippen LogP contribution in [0.15, 0.2) is 18.2 Å². The zero-order valence-corrected chi connectivity index (χ0v) is 13.1. The molecule has 116 valence electrons. The number of carbonyl (C=O) groups is 1.